The molecule has 29 heavy (non-hydrogen) atoms. The van der Waals surface area contributed by atoms with Crippen molar-refractivity contribution in [3.63, 3.8) is 0 Å². The number of aryl methyl sites for hydroxylation is 1. The van der Waals surface area contributed by atoms with E-state index in [9.17, 15) is 4.79 Å². The van der Waals surface area contributed by atoms with Gasteiger partial charge in [-0.1, -0.05) is 30.3 Å². The van der Waals surface area contributed by atoms with E-state index in [1.807, 2.05) is 17.9 Å². The highest BCUT2D eigenvalue weighted by Crippen LogP contribution is 2.25. The number of rotatable bonds is 5. The van der Waals surface area contributed by atoms with Gasteiger partial charge in [0, 0.05) is 32.6 Å². The van der Waals surface area contributed by atoms with Crippen LogP contribution in [0.5, 0.6) is 0 Å². The van der Waals surface area contributed by atoms with Gasteiger partial charge in [-0.3, -0.25) is 9.69 Å². The van der Waals surface area contributed by atoms with Crippen LogP contribution in [0.2, 0.25) is 0 Å². The normalized spacial score (nSPS) is 25.1. The first-order chi connectivity index (χ1) is 14.0. The van der Waals surface area contributed by atoms with E-state index in [1.165, 1.54) is 5.56 Å². The van der Waals surface area contributed by atoms with Crippen LogP contribution < -0.4 is 0 Å². The number of hydrogen-bond donors (Lipinski definition) is 0. The van der Waals surface area contributed by atoms with Gasteiger partial charge < -0.3 is 14.2 Å². The van der Waals surface area contributed by atoms with Crippen LogP contribution in [0.25, 0.3) is 0 Å². The number of nitrogens with zero attached hydrogens (tertiary/aromatic N) is 5. The summed E-state index contributed by atoms with van der Waals surface area (Å²) in [4.78, 5) is 17.3. The summed E-state index contributed by atoms with van der Waals surface area (Å²) in [6.07, 6.45) is 1.85. The predicted octanol–water partition coefficient (Wildman–Crippen LogP) is 2.21. The second-order valence-corrected chi connectivity index (χ2v) is 8.42. The highest BCUT2D eigenvalue weighted by Gasteiger charge is 2.31. The van der Waals surface area contributed by atoms with E-state index in [4.69, 9.17) is 4.74 Å². The summed E-state index contributed by atoms with van der Waals surface area (Å²) in [5.41, 5.74) is 1.27. The van der Waals surface area contributed by atoms with Crippen molar-refractivity contribution in [1.29, 1.82) is 0 Å². The largest absolute Gasteiger partial charge is 0.373 e. The number of amides is 1. The van der Waals surface area contributed by atoms with Crippen LogP contribution in [-0.4, -0.2) is 68.9 Å². The predicted molar refractivity (Wildman–Crippen MR) is 110 cm³/mol. The Labute approximate surface area is 172 Å². The van der Waals surface area contributed by atoms with Gasteiger partial charge >= 0.3 is 0 Å². The van der Waals surface area contributed by atoms with E-state index in [1.54, 1.807) is 0 Å². The summed E-state index contributed by atoms with van der Waals surface area (Å²) in [5.74, 6) is 2.00. The van der Waals surface area contributed by atoms with Crippen molar-refractivity contribution in [3.05, 3.63) is 47.5 Å². The molecule has 0 N–H and O–H groups in total. The molecule has 3 atom stereocenters. The van der Waals surface area contributed by atoms with Gasteiger partial charge in [-0.15, -0.1) is 10.2 Å². The van der Waals surface area contributed by atoms with Crippen LogP contribution in [0.4, 0.5) is 0 Å². The Morgan fingerprint density at radius 3 is 2.55 bits per heavy atom. The number of aromatic nitrogens is 3. The van der Waals surface area contributed by atoms with Crippen molar-refractivity contribution in [2.75, 3.05) is 26.2 Å². The van der Waals surface area contributed by atoms with Crippen molar-refractivity contribution < 1.29 is 9.53 Å². The molecule has 156 valence electrons. The summed E-state index contributed by atoms with van der Waals surface area (Å²) in [6, 6.07) is 10.6. The molecule has 2 aromatic rings. The number of carbonyl (C=O) groups is 1. The third kappa shape index (κ3) is 4.67. The molecule has 0 aliphatic carbocycles. The lowest BCUT2D eigenvalue weighted by atomic mass is 10.0. The molecule has 0 bridgehead atoms. The fourth-order valence-electron chi connectivity index (χ4n) is 4.68. The zero-order chi connectivity index (χ0) is 20.4. The molecule has 2 aliphatic heterocycles. The van der Waals surface area contributed by atoms with Gasteiger partial charge in [0.25, 0.3) is 0 Å². The second kappa shape index (κ2) is 8.63. The molecule has 1 aromatic heterocycles. The maximum absolute atomic E-state index is 13.0. The van der Waals surface area contributed by atoms with E-state index in [0.29, 0.717) is 19.5 Å². The van der Waals surface area contributed by atoms with Crippen LogP contribution in [0, 0.1) is 6.92 Å². The van der Waals surface area contributed by atoms with Gasteiger partial charge in [0.2, 0.25) is 5.91 Å². The van der Waals surface area contributed by atoms with Gasteiger partial charge in [0.15, 0.2) is 5.82 Å². The molecule has 7 nitrogen and oxygen atoms in total. The molecule has 1 amide bonds. The second-order valence-electron chi connectivity index (χ2n) is 8.42. The zero-order valence-corrected chi connectivity index (χ0v) is 17.6. The first-order valence-corrected chi connectivity index (χ1v) is 10.6. The first-order valence-electron chi connectivity index (χ1n) is 10.6. The Balaban J connectivity index is 1.42. The van der Waals surface area contributed by atoms with E-state index in [-0.39, 0.29) is 24.2 Å². The minimum absolute atomic E-state index is 0.170. The van der Waals surface area contributed by atoms with Gasteiger partial charge in [0.05, 0.1) is 24.8 Å². The molecule has 3 heterocycles. The summed E-state index contributed by atoms with van der Waals surface area (Å²) in [7, 11) is 0. The molecule has 7 heteroatoms. The summed E-state index contributed by atoms with van der Waals surface area (Å²) >= 11 is 0. The highest BCUT2D eigenvalue weighted by molar-refractivity contribution is 5.76. The zero-order valence-electron chi connectivity index (χ0n) is 17.6. The first kappa shape index (κ1) is 20.0. The van der Waals surface area contributed by atoms with Gasteiger partial charge in [0.1, 0.15) is 5.82 Å². The van der Waals surface area contributed by atoms with Crippen molar-refractivity contribution in [2.45, 2.75) is 58.4 Å². The topological polar surface area (TPSA) is 63.5 Å². The summed E-state index contributed by atoms with van der Waals surface area (Å²) < 4.78 is 8.01. The fraction of sp³-hybridized carbons (Fsp3) is 0.591. The molecule has 1 aromatic carbocycles. The van der Waals surface area contributed by atoms with Crippen LogP contribution in [0.1, 0.15) is 43.5 Å². The Morgan fingerprint density at radius 2 is 1.83 bits per heavy atom. The molecule has 1 fully saturated rings. The number of ether oxygens (including phenoxy) is 1. The standard InChI is InChI=1S/C22H31N5O2/c1-16-12-25(13-17(2)29-16)10-9-22(28)26-14-20(11-19-7-5-4-6-8-19)27-18(3)23-24-21(27)15-26/h4-8,16-17,20H,9-15H2,1-3H3/t16-,17+,20-/m1/s1. The quantitative estimate of drug-likeness (QED) is 0.774. The maximum Gasteiger partial charge on any atom is 0.224 e. The van der Waals surface area contributed by atoms with E-state index >= 15 is 0 Å². The molecule has 0 spiro atoms. The SMILES string of the molecule is Cc1nnc2n1[C@H](Cc1ccccc1)CN(C(=O)CCN1C[C@@H](C)O[C@@H](C)C1)C2. The van der Waals surface area contributed by atoms with Crippen LogP contribution in [0.3, 0.4) is 0 Å². The molecule has 0 unspecified atom stereocenters. The maximum atomic E-state index is 13.0. The number of hydrogen-bond acceptors (Lipinski definition) is 5. The monoisotopic (exact) mass is 397 g/mol. The van der Waals surface area contributed by atoms with Gasteiger partial charge in [-0.25, -0.2) is 0 Å². The molecular formula is C22H31N5O2. The Kier molecular flexibility index (Phi) is 5.96. The lowest BCUT2D eigenvalue weighted by Crippen LogP contribution is -2.47. The van der Waals surface area contributed by atoms with Gasteiger partial charge in [-0.05, 0) is 32.8 Å². The summed E-state index contributed by atoms with van der Waals surface area (Å²) in [6.45, 7) is 9.99. The van der Waals surface area contributed by atoms with E-state index in [0.717, 1.165) is 37.7 Å². The average Bonchev–Trinajstić information content (AvgIpc) is 3.07. The molecular weight excluding hydrogens is 366 g/mol. The lowest BCUT2D eigenvalue weighted by Gasteiger charge is -2.37. The van der Waals surface area contributed by atoms with Crippen molar-refractivity contribution >= 4 is 5.91 Å². The Hall–Kier alpha value is -2.25. The van der Waals surface area contributed by atoms with E-state index in [2.05, 4.69) is 57.8 Å². The number of fused-ring (bicyclic) bond motifs is 1. The van der Waals surface area contributed by atoms with Crippen LogP contribution in [-0.2, 0) is 22.5 Å². The molecule has 0 saturated carbocycles. The number of morpholine rings is 1. The molecule has 4 rings (SSSR count). The Morgan fingerprint density at radius 1 is 1.10 bits per heavy atom. The van der Waals surface area contributed by atoms with Gasteiger partial charge in [-0.2, -0.15) is 0 Å². The number of benzene rings is 1. The Bertz CT molecular complexity index is 827. The smallest absolute Gasteiger partial charge is 0.224 e. The third-order valence-electron chi connectivity index (χ3n) is 5.87. The van der Waals surface area contributed by atoms with Crippen molar-refractivity contribution in [1.82, 2.24) is 24.6 Å². The number of carbonyl (C=O) groups excluding carboxylic acids is 1. The van der Waals surface area contributed by atoms with E-state index < -0.39 is 0 Å². The minimum Gasteiger partial charge on any atom is -0.373 e. The van der Waals surface area contributed by atoms with Crippen molar-refractivity contribution in [3.8, 4) is 0 Å². The average molecular weight is 398 g/mol. The molecule has 2 aliphatic rings. The summed E-state index contributed by atoms with van der Waals surface area (Å²) in [5, 5.41) is 8.62. The fourth-order valence-corrected chi connectivity index (χ4v) is 4.68. The molecule has 0 radical (unpaired) electrons. The minimum atomic E-state index is 0.170. The lowest BCUT2D eigenvalue weighted by molar-refractivity contribution is -0.134. The third-order valence-corrected chi connectivity index (χ3v) is 5.87. The molecule has 1 saturated heterocycles. The highest BCUT2D eigenvalue weighted by atomic mass is 16.5. The van der Waals surface area contributed by atoms with Crippen molar-refractivity contribution in [2.24, 2.45) is 0 Å². The van der Waals surface area contributed by atoms with Crippen LogP contribution >= 0.6 is 0 Å². The van der Waals surface area contributed by atoms with Crippen LogP contribution in [0.15, 0.2) is 30.3 Å².